The monoisotopic (exact) mass is 500 g/mol. The molecule has 2 aliphatic carbocycles. The summed E-state index contributed by atoms with van der Waals surface area (Å²) in [6.07, 6.45) is 4.68. The van der Waals surface area contributed by atoms with Gasteiger partial charge in [-0.25, -0.2) is 13.4 Å². The van der Waals surface area contributed by atoms with Gasteiger partial charge >= 0.3 is 0 Å². The summed E-state index contributed by atoms with van der Waals surface area (Å²) in [7, 11) is -2.11. The van der Waals surface area contributed by atoms with E-state index in [0.29, 0.717) is 38.1 Å². The lowest BCUT2D eigenvalue weighted by Crippen LogP contribution is -2.55. The largest absolute Gasteiger partial charge is 0.497 e. The van der Waals surface area contributed by atoms with Gasteiger partial charge in [0.1, 0.15) is 17.4 Å². The molecular weight excluding hydrogens is 472 g/mol. The molecule has 2 aromatic rings. The number of aromatic nitrogens is 1. The molecule has 4 atom stereocenters. The minimum absolute atomic E-state index is 0.305. The van der Waals surface area contributed by atoms with Gasteiger partial charge < -0.3 is 20.1 Å². The van der Waals surface area contributed by atoms with Crippen LogP contribution in [-0.2, 0) is 19.6 Å². The van der Waals surface area contributed by atoms with Gasteiger partial charge in [0.15, 0.2) is 0 Å². The zero-order valence-electron chi connectivity index (χ0n) is 19.3. The number of benzene rings is 1. The van der Waals surface area contributed by atoms with Crippen LogP contribution in [0.5, 0.6) is 11.6 Å². The van der Waals surface area contributed by atoms with E-state index in [1.54, 1.807) is 19.4 Å². The highest BCUT2D eigenvalue weighted by Crippen LogP contribution is 2.45. The smallest absolute Gasteiger partial charge is 0.259 e. The molecule has 3 aliphatic rings. The molecule has 10 nitrogen and oxygen atoms in total. The summed E-state index contributed by atoms with van der Waals surface area (Å²) in [4.78, 5) is 30.2. The first-order chi connectivity index (χ1) is 16.8. The number of carbonyl (C=O) groups excluding carboxylic acids is 2. The number of amides is 2. The summed E-state index contributed by atoms with van der Waals surface area (Å²) < 4.78 is 38.0. The van der Waals surface area contributed by atoms with Gasteiger partial charge in [0.05, 0.1) is 18.4 Å². The second-order valence-electron chi connectivity index (χ2n) is 9.32. The van der Waals surface area contributed by atoms with Gasteiger partial charge in [-0.3, -0.25) is 14.3 Å². The van der Waals surface area contributed by atoms with Crippen LogP contribution >= 0.6 is 0 Å². The number of rotatable bonds is 9. The molecule has 1 aromatic heterocycles. The number of ether oxygens (including phenoxy) is 2. The van der Waals surface area contributed by atoms with E-state index >= 15 is 0 Å². The minimum atomic E-state index is -3.72. The van der Waals surface area contributed by atoms with Crippen molar-refractivity contribution in [3.63, 3.8) is 0 Å². The molecule has 0 spiro atoms. The Kier molecular flexibility index (Phi) is 5.92. The van der Waals surface area contributed by atoms with Crippen LogP contribution in [0.15, 0.2) is 43.1 Å². The molecule has 0 radical (unpaired) electrons. The van der Waals surface area contributed by atoms with Crippen molar-refractivity contribution in [1.29, 1.82) is 0 Å². The SMILES string of the molecule is C=C[C@@H]1C[C@]1(NC(=O)C1CC(Oc2nccc3cc(OC)ccc23)CN1)C(=O)NS(=O)(=O)C1CC1. The van der Waals surface area contributed by atoms with Gasteiger partial charge in [0.25, 0.3) is 5.91 Å². The summed E-state index contributed by atoms with van der Waals surface area (Å²) in [6, 6.07) is 6.88. The first-order valence-electron chi connectivity index (χ1n) is 11.6. The van der Waals surface area contributed by atoms with Gasteiger partial charge in [-0.2, -0.15) is 0 Å². The van der Waals surface area contributed by atoms with E-state index in [2.05, 4.69) is 26.9 Å². The second-order valence-corrected chi connectivity index (χ2v) is 11.3. The number of carbonyl (C=O) groups is 2. The van der Waals surface area contributed by atoms with Crippen molar-refractivity contribution >= 4 is 32.6 Å². The zero-order chi connectivity index (χ0) is 24.8. The maximum Gasteiger partial charge on any atom is 0.259 e. The van der Waals surface area contributed by atoms with E-state index in [1.165, 1.54) is 0 Å². The lowest BCUT2D eigenvalue weighted by atomic mass is 10.1. The van der Waals surface area contributed by atoms with Crippen molar-refractivity contribution in [2.45, 2.75) is 48.6 Å². The number of hydrogen-bond acceptors (Lipinski definition) is 8. The molecular formula is C24H28N4O6S. The Bertz CT molecular complexity index is 1290. The molecule has 2 saturated carbocycles. The Morgan fingerprint density at radius 1 is 1.29 bits per heavy atom. The van der Waals surface area contributed by atoms with Crippen molar-refractivity contribution in [2.75, 3.05) is 13.7 Å². The quantitative estimate of drug-likeness (QED) is 0.435. The van der Waals surface area contributed by atoms with E-state index in [4.69, 9.17) is 9.47 Å². The maximum absolute atomic E-state index is 13.0. The van der Waals surface area contributed by atoms with Crippen LogP contribution in [0.3, 0.4) is 0 Å². The number of methoxy groups -OCH3 is 1. The Labute approximate surface area is 203 Å². The summed E-state index contributed by atoms with van der Waals surface area (Å²) >= 11 is 0. The lowest BCUT2D eigenvalue weighted by Gasteiger charge is -2.21. The van der Waals surface area contributed by atoms with Crippen LogP contribution in [0.25, 0.3) is 10.8 Å². The van der Waals surface area contributed by atoms with Gasteiger partial charge in [-0.05, 0) is 48.9 Å². The molecule has 5 rings (SSSR count). The molecule has 2 unspecified atom stereocenters. The van der Waals surface area contributed by atoms with Crippen molar-refractivity contribution in [3.05, 3.63) is 43.1 Å². The molecule has 1 aliphatic heterocycles. The molecule has 3 N–H and O–H groups in total. The van der Waals surface area contributed by atoms with Gasteiger partial charge in [0, 0.05) is 30.5 Å². The standard InChI is InChI=1S/C24H28N4O6S/c1-3-15-12-24(15,23(30)28-35(31,32)18-5-6-18)27-21(29)20-11-17(13-26-20)34-22-19-7-4-16(33-2)10-14(19)8-9-25-22/h3-4,7-10,15,17-18,20,26H,1,5-6,11-13H2,2H3,(H,27,29)(H,28,30)/t15-,17?,20?,24-/m1/s1. The van der Waals surface area contributed by atoms with Crippen molar-refractivity contribution in [1.82, 2.24) is 20.3 Å². The number of fused-ring (bicyclic) bond motifs is 1. The van der Waals surface area contributed by atoms with E-state index < -0.39 is 32.8 Å². The number of pyridine rings is 1. The fourth-order valence-electron chi connectivity index (χ4n) is 4.52. The predicted molar refractivity (Wildman–Crippen MR) is 128 cm³/mol. The minimum Gasteiger partial charge on any atom is -0.497 e. The Balaban J connectivity index is 1.23. The van der Waals surface area contributed by atoms with Crippen LogP contribution in [0.1, 0.15) is 25.7 Å². The van der Waals surface area contributed by atoms with E-state index in [1.807, 2.05) is 24.3 Å². The third kappa shape index (κ3) is 4.57. The molecule has 0 bridgehead atoms. The number of nitrogens with zero attached hydrogens (tertiary/aromatic N) is 1. The summed E-state index contributed by atoms with van der Waals surface area (Å²) in [5.41, 5.74) is -1.29. The predicted octanol–water partition coefficient (Wildman–Crippen LogP) is 1.02. The average Bonchev–Trinajstić information content (AvgIpc) is 3.76. The molecule has 3 fully saturated rings. The Morgan fingerprint density at radius 2 is 2.09 bits per heavy atom. The van der Waals surface area contributed by atoms with Gasteiger partial charge in [0.2, 0.25) is 21.8 Å². The fourth-order valence-corrected chi connectivity index (χ4v) is 5.89. The summed E-state index contributed by atoms with van der Waals surface area (Å²) in [6.45, 7) is 4.14. The highest BCUT2D eigenvalue weighted by Gasteiger charge is 2.61. The highest BCUT2D eigenvalue weighted by molar-refractivity contribution is 7.91. The van der Waals surface area contributed by atoms with Crippen molar-refractivity contribution < 1.29 is 27.5 Å². The normalized spacial score (nSPS) is 27.7. The first-order valence-corrected chi connectivity index (χ1v) is 13.1. The third-order valence-corrected chi connectivity index (χ3v) is 8.69. The first kappa shape index (κ1) is 23.6. The number of nitrogens with one attached hydrogen (secondary N) is 3. The molecule has 1 aromatic carbocycles. The number of hydrogen-bond donors (Lipinski definition) is 3. The van der Waals surface area contributed by atoms with E-state index in [0.717, 1.165) is 16.5 Å². The molecule has 35 heavy (non-hydrogen) atoms. The zero-order valence-corrected chi connectivity index (χ0v) is 20.1. The molecule has 2 amide bonds. The average molecular weight is 501 g/mol. The number of sulfonamides is 1. The maximum atomic E-state index is 13.0. The van der Waals surface area contributed by atoms with Crippen LogP contribution in [0.2, 0.25) is 0 Å². The van der Waals surface area contributed by atoms with Crippen LogP contribution < -0.4 is 24.8 Å². The Morgan fingerprint density at radius 3 is 2.77 bits per heavy atom. The summed E-state index contributed by atoms with van der Waals surface area (Å²) in [5, 5.41) is 7.14. The fraction of sp³-hybridized carbons (Fsp3) is 0.458. The lowest BCUT2D eigenvalue weighted by molar-refractivity contribution is -0.130. The van der Waals surface area contributed by atoms with Gasteiger partial charge in [-0.1, -0.05) is 6.08 Å². The second kappa shape index (κ2) is 8.80. The van der Waals surface area contributed by atoms with Crippen molar-refractivity contribution in [3.8, 4) is 11.6 Å². The highest BCUT2D eigenvalue weighted by atomic mass is 32.2. The molecule has 11 heteroatoms. The third-order valence-electron chi connectivity index (χ3n) is 6.87. The summed E-state index contributed by atoms with van der Waals surface area (Å²) in [5.74, 6) is -0.215. The molecule has 1 saturated heterocycles. The topological polar surface area (TPSA) is 136 Å². The van der Waals surface area contributed by atoms with Gasteiger partial charge in [-0.15, -0.1) is 6.58 Å². The van der Waals surface area contributed by atoms with Crippen LogP contribution in [-0.4, -0.2) is 61.8 Å². The molecule has 2 heterocycles. The van der Waals surface area contributed by atoms with Crippen molar-refractivity contribution in [2.24, 2.45) is 5.92 Å². The van der Waals surface area contributed by atoms with E-state index in [-0.39, 0.29) is 17.9 Å². The van der Waals surface area contributed by atoms with E-state index in [9.17, 15) is 18.0 Å². The van der Waals surface area contributed by atoms with Crippen LogP contribution in [0, 0.1) is 5.92 Å². The van der Waals surface area contributed by atoms with Crippen LogP contribution in [0.4, 0.5) is 0 Å². The molecule has 186 valence electrons. The Hall–Kier alpha value is -3.18.